The average molecular weight is 235 g/mol. The summed E-state index contributed by atoms with van der Waals surface area (Å²) in [5.41, 5.74) is 1.06. The quantitative estimate of drug-likeness (QED) is 0.489. The Morgan fingerprint density at radius 3 is 3.06 bits per heavy atom. The fraction of sp³-hybridized carbons (Fsp3) is 0.364. The molecule has 90 valence electrons. The van der Waals surface area contributed by atoms with Gasteiger partial charge in [-0.2, -0.15) is 4.98 Å². The molecule has 1 heterocycles. The second kappa shape index (κ2) is 4.82. The Kier molecular flexibility index (Phi) is 3.22. The van der Waals surface area contributed by atoms with Crippen LogP contribution in [0.4, 0.5) is 11.7 Å². The van der Waals surface area contributed by atoms with Gasteiger partial charge in [0.2, 0.25) is 0 Å². The lowest BCUT2D eigenvalue weighted by Gasteiger charge is -1.97. The Hall–Kier alpha value is -2.11. The molecule has 0 bridgehead atoms. The zero-order valence-electron chi connectivity index (χ0n) is 9.47. The second-order valence-electron chi connectivity index (χ2n) is 3.71. The first-order chi connectivity index (χ1) is 8.20. The summed E-state index contributed by atoms with van der Waals surface area (Å²) in [7, 11) is 0. The summed E-state index contributed by atoms with van der Waals surface area (Å²) in [5.74, 6) is 0. The van der Waals surface area contributed by atoms with Crippen molar-refractivity contribution in [3.05, 3.63) is 28.3 Å². The van der Waals surface area contributed by atoms with E-state index in [1.165, 1.54) is 12.1 Å². The van der Waals surface area contributed by atoms with Gasteiger partial charge in [0, 0.05) is 12.6 Å². The Labute approximate surface area is 97.8 Å². The molecule has 2 aromatic rings. The smallest absolute Gasteiger partial charge is 0.295 e. The Bertz CT molecular complexity index is 536. The molecular formula is C11H13N3O3. The highest BCUT2D eigenvalue weighted by atomic mass is 16.6. The molecule has 0 aliphatic rings. The van der Waals surface area contributed by atoms with Gasteiger partial charge in [-0.05, 0) is 12.5 Å². The number of hydrogen-bond donors (Lipinski definition) is 1. The number of benzene rings is 1. The van der Waals surface area contributed by atoms with E-state index in [0.717, 1.165) is 19.4 Å². The maximum Gasteiger partial charge on any atom is 0.295 e. The molecule has 0 atom stereocenters. The third-order valence-corrected chi connectivity index (χ3v) is 2.39. The molecule has 0 unspecified atom stereocenters. The molecule has 0 saturated heterocycles. The predicted octanol–water partition coefficient (Wildman–Crippen LogP) is 2.95. The van der Waals surface area contributed by atoms with E-state index >= 15 is 0 Å². The van der Waals surface area contributed by atoms with E-state index in [9.17, 15) is 10.1 Å². The molecule has 1 aromatic heterocycles. The van der Waals surface area contributed by atoms with Crippen LogP contribution in [0, 0.1) is 10.1 Å². The van der Waals surface area contributed by atoms with E-state index < -0.39 is 4.92 Å². The van der Waals surface area contributed by atoms with Gasteiger partial charge in [0.1, 0.15) is 5.52 Å². The van der Waals surface area contributed by atoms with Crippen LogP contribution in [-0.2, 0) is 0 Å². The molecule has 1 N–H and O–H groups in total. The van der Waals surface area contributed by atoms with Gasteiger partial charge in [0.15, 0.2) is 5.58 Å². The van der Waals surface area contributed by atoms with E-state index in [4.69, 9.17) is 4.42 Å². The fourth-order valence-electron chi connectivity index (χ4n) is 1.47. The van der Waals surface area contributed by atoms with Crippen molar-refractivity contribution < 1.29 is 9.34 Å². The van der Waals surface area contributed by atoms with Crippen LogP contribution in [0.2, 0.25) is 0 Å². The summed E-state index contributed by atoms with van der Waals surface area (Å²) < 4.78 is 5.38. The minimum Gasteiger partial charge on any atom is -0.423 e. The zero-order chi connectivity index (χ0) is 12.3. The van der Waals surface area contributed by atoms with Crippen molar-refractivity contribution in [2.45, 2.75) is 19.8 Å². The first-order valence-corrected chi connectivity index (χ1v) is 5.49. The van der Waals surface area contributed by atoms with E-state index in [0.29, 0.717) is 17.1 Å². The van der Waals surface area contributed by atoms with Gasteiger partial charge >= 0.3 is 0 Å². The average Bonchev–Trinajstić information content (AvgIpc) is 2.70. The van der Waals surface area contributed by atoms with E-state index in [1.807, 2.05) is 0 Å². The van der Waals surface area contributed by atoms with Crippen LogP contribution in [0.1, 0.15) is 19.8 Å². The Balaban J connectivity index is 2.21. The van der Waals surface area contributed by atoms with Crippen molar-refractivity contribution in [1.29, 1.82) is 0 Å². The van der Waals surface area contributed by atoms with Crippen LogP contribution in [0.25, 0.3) is 11.1 Å². The minimum atomic E-state index is -0.452. The monoisotopic (exact) mass is 235 g/mol. The lowest BCUT2D eigenvalue weighted by Crippen LogP contribution is -2.00. The number of unbranched alkanes of at least 4 members (excludes halogenated alkanes) is 1. The lowest BCUT2D eigenvalue weighted by molar-refractivity contribution is -0.384. The van der Waals surface area contributed by atoms with Crippen molar-refractivity contribution >= 4 is 22.8 Å². The van der Waals surface area contributed by atoms with Crippen molar-refractivity contribution in [2.75, 3.05) is 11.9 Å². The van der Waals surface area contributed by atoms with Crippen LogP contribution < -0.4 is 5.32 Å². The molecule has 17 heavy (non-hydrogen) atoms. The number of nitrogens with one attached hydrogen (secondary N) is 1. The predicted molar refractivity (Wildman–Crippen MR) is 64.1 cm³/mol. The summed E-state index contributed by atoms with van der Waals surface area (Å²) in [6.45, 7) is 2.88. The number of anilines is 1. The van der Waals surface area contributed by atoms with Crippen LogP contribution in [0.3, 0.4) is 0 Å². The molecule has 2 rings (SSSR count). The van der Waals surface area contributed by atoms with E-state index in [-0.39, 0.29) is 5.69 Å². The van der Waals surface area contributed by atoms with Gasteiger partial charge in [-0.15, -0.1) is 0 Å². The number of fused-ring (bicyclic) bond motifs is 1. The Morgan fingerprint density at radius 2 is 2.35 bits per heavy atom. The number of hydrogen-bond acceptors (Lipinski definition) is 5. The van der Waals surface area contributed by atoms with Gasteiger partial charge in [0.05, 0.1) is 11.0 Å². The highest BCUT2D eigenvalue weighted by molar-refractivity contribution is 5.77. The van der Waals surface area contributed by atoms with Gasteiger partial charge in [-0.3, -0.25) is 10.1 Å². The standard InChI is InChI=1S/C11H13N3O3/c1-2-3-6-12-11-13-9-5-4-8(14(15)16)7-10(9)17-11/h4-5,7H,2-3,6H2,1H3,(H,12,13). The molecular weight excluding hydrogens is 222 g/mol. The second-order valence-corrected chi connectivity index (χ2v) is 3.71. The van der Waals surface area contributed by atoms with Crippen LogP contribution in [-0.4, -0.2) is 16.5 Å². The molecule has 6 nitrogen and oxygen atoms in total. The molecule has 1 aromatic carbocycles. The molecule has 0 aliphatic carbocycles. The molecule has 0 aliphatic heterocycles. The number of oxazole rings is 1. The Morgan fingerprint density at radius 1 is 1.53 bits per heavy atom. The molecule has 0 amide bonds. The zero-order valence-corrected chi connectivity index (χ0v) is 9.47. The summed E-state index contributed by atoms with van der Waals surface area (Å²) in [6, 6.07) is 4.80. The third-order valence-electron chi connectivity index (χ3n) is 2.39. The number of non-ortho nitro benzene ring substituents is 1. The fourth-order valence-corrected chi connectivity index (χ4v) is 1.47. The number of rotatable bonds is 5. The van der Waals surface area contributed by atoms with Crippen molar-refractivity contribution in [2.24, 2.45) is 0 Å². The lowest BCUT2D eigenvalue weighted by atomic mass is 10.3. The van der Waals surface area contributed by atoms with Gasteiger partial charge in [-0.1, -0.05) is 13.3 Å². The van der Waals surface area contributed by atoms with Crippen LogP contribution in [0.15, 0.2) is 22.6 Å². The third kappa shape index (κ3) is 2.52. The summed E-state index contributed by atoms with van der Waals surface area (Å²) in [5, 5.41) is 13.6. The molecule has 0 radical (unpaired) electrons. The van der Waals surface area contributed by atoms with Gasteiger partial charge in [-0.25, -0.2) is 0 Å². The first kappa shape index (κ1) is 11.4. The number of nitro benzene ring substituents is 1. The van der Waals surface area contributed by atoms with Crippen molar-refractivity contribution in [3.63, 3.8) is 0 Å². The number of aromatic nitrogens is 1. The highest BCUT2D eigenvalue weighted by Crippen LogP contribution is 2.23. The van der Waals surface area contributed by atoms with Gasteiger partial charge < -0.3 is 9.73 Å². The van der Waals surface area contributed by atoms with Gasteiger partial charge in [0.25, 0.3) is 11.7 Å². The van der Waals surface area contributed by atoms with E-state index in [2.05, 4.69) is 17.2 Å². The first-order valence-electron chi connectivity index (χ1n) is 5.49. The SMILES string of the molecule is CCCCNc1nc2ccc([N+](=O)[O-])cc2o1. The summed E-state index contributed by atoms with van der Waals surface area (Å²) in [6.07, 6.45) is 2.11. The maximum atomic E-state index is 10.6. The highest BCUT2D eigenvalue weighted by Gasteiger charge is 2.11. The van der Waals surface area contributed by atoms with Crippen molar-refractivity contribution in [1.82, 2.24) is 4.98 Å². The van der Waals surface area contributed by atoms with Crippen molar-refractivity contribution in [3.8, 4) is 0 Å². The van der Waals surface area contributed by atoms with Crippen LogP contribution in [0.5, 0.6) is 0 Å². The summed E-state index contributed by atoms with van der Waals surface area (Å²) in [4.78, 5) is 14.3. The molecule has 0 fully saturated rings. The topological polar surface area (TPSA) is 81.2 Å². The minimum absolute atomic E-state index is 0.00811. The maximum absolute atomic E-state index is 10.6. The van der Waals surface area contributed by atoms with E-state index in [1.54, 1.807) is 6.07 Å². The molecule has 0 saturated carbocycles. The summed E-state index contributed by atoms with van der Waals surface area (Å²) >= 11 is 0. The van der Waals surface area contributed by atoms with Crippen LogP contribution >= 0.6 is 0 Å². The largest absolute Gasteiger partial charge is 0.423 e. The molecule has 6 heteroatoms. The number of nitrogens with zero attached hydrogens (tertiary/aromatic N) is 2. The molecule has 0 spiro atoms. The number of nitro groups is 1. The normalized spacial score (nSPS) is 10.6.